The Hall–Kier alpha value is -3.50. The van der Waals surface area contributed by atoms with Gasteiger partial charge in [-0.15, -0.1) is 11.3 Å². The van der Waals surface area contributed by atoms with Gasteiger partial charge in [0, 0.05) is 16.0 Å². The lowest BCUT2D eigenvalue weighted by Crippen LogP contribution is -2.11. The van der Waals surface area contributed by atoms with Gasteiger partial charge in [0.1, 0.15) is 22.1 Å². The van der Waals surface area contributed by atoms with E-state index in [1.54, 1.807) is 25.3 Å². The van der Waals surface area contributed by atoms with Gasteiger partial charge in [0.15, 0.2) is 12.4 Å². The van der Waals surface area contributed by atoms with Gasteiger partial charge in [0.05, 0.1) is 24.1 Å². The summed E-state index contributed by atoms with van der Waals surface area (Å²) in [6.07, 6.45) is -0.0122. The normalized spacial score (nSPS) is 11.0. The largest absolute Gasteiger partial charge is 0.462 e. The summed E-state index contributed by atoms with van der Waals surface area (Å²) in [5, 5.41) is 3.44. The van der Waals surface area contributed by atoms with E-state index in [0.717, 1.165) is 10.6 Å². The average Bonchev–Trinajstić information content (AvgIpc) is 3.36. The number of aromatic nitrogens is 3. The van der Waals surface area contributed by atoms with Gasteiger partial charge in [-0.2, -0.15) is 4.98 Å². The number of fused-ring (bicyclic) bond motifs is 1. The molecule has 0 aliphatic carbocycles. The van der Waals surface area contributed by atoms with E-state index in [9.17, 15) is 9.59 Å². The molecular weight excluding hydrogens is 468 g/mol. The predicted molar refractivity (Wildman–Crippen MR) is 123 cm³/mol. The number of carbonyl (C=O) groups excluding carboxylic acids is 2. The molecule has 0 aliphatic rings. The minimum absolute atomic E-state index is 0.0122. The molecule has 0 aliphatic heterocycles. The van der Waals surface area contributed by atoms with Crippen LogP contribution in [0.25, 0.3) is 21.7 Å². The van der Waals surface area contributed by atoms with Crippen LogP contribution in [0.2, 0.25) is 5.02 Å². The van der Waals surface area contributed by atoms with Gasteiger partial charge < -0.3 is 19.6 Å². The highest BCUT2D eigenvalue weighted by Gasteiger charge is 2.24. The van der Waals surface area contributed by atoms with Gasteiger partial charge in [-0.1, -0.05) is 23.7 Å². The van der Waals surface area contributed by atoms with Crippen molar-refractivity contribution < 1.29 is 23.5 Å². The maximum atomic E-state index is 12.3. The molecule has 170 valence electrons. The Labute approximate surface area is 197 Å². The zero-order chi connectivity index (χ0) is 23.5. The Balaban J connectivity index is 1.43. The molecule has 0 amide bonds. The summed E-state index contributed by atoms with van der Waals surface area (Å²) in [6.45, 7) is 3.31. The van der Waals surface area contributed by atoms with E-state index in [1.807, 2.05) is 18.2 Å². The highest BCUT2D eigenvalue weighted by atomic mass is 35.5. The van der Waals surface area contributed by atoms with Crippen LogP contribution in [-0.2, 0) is 27.3 Å². The molecule has 11 heteroatoms. The van der Waals surface area contributed by atoms with Crippen molar-refractivity contribution >= 4 is 51.8 Å². The minimum Gasteiger partial charge on any atom is -0.462 e. The zero-order valence-corrected chi connectivity index (χ0v) is 19.3. The maximum Gasteiger partial charge on any atom is 0.342 e. The Morgan fingerprint density at radius 2 is 2.03 bits per heavy atom. The second kappa shape index (κ2) is 9.55. The van der Waals surface area contributed by atoms with E-state index in [0.29, 0.717) is 16.5 Å². The molecule has 4 rings (SSSR count). The van der Waals surface area contributed by atoms with Crippen LogP contribution in [0.15, 0.2) is 34.1 Å². The summed E-state index contributed by atoms with van der Waals surface area (Å²) < 4.78 is 15.9. The first-order chi connectivity index (χ1) is 15.9. The number of nitrogen functional groups attached to an aromatic ring is 1. The standard InChI is InChI=1S/C22H19ClN4O5S/c1-3-30-22(29)17-11(2)32-20-18(17)19(24)26-15(27-20)9-31-16(28)8-14-10-33-21(25-14)12-5-4-6-13(23)7-12/h4-7,10H,3,8-9H2,1-2H3,(H2,24,26,27). The number of carbonyl (C=O) groups is 2. The number of benzene rings is 1. The first kappa shape index (κ1) is 22.7. The fraction of sp³-hybridized carbons (Fsp3) is 0.227. The fourth-order valence-electron chi connectivity index (χ4n) is 3.18. The number of nitrogens with two attached hydrogens (primary N) is 1. The zero-order valence-electron chi connectivity index (χ0n) is 17.8. The number of hydrogen-bond acceptors (Lipinski definition) is 10. The third kappa shape index (κ3) is 4.96. The lowest BCUT2D eigenvalue weighted by atomic mass is 10.2. The van der Waals surface area contributed by atoms with Crippen LogP contribution in [0.4, 0.5) is 5.82 Å². The first-order valence-electron chi connectivity index (χ1n) is 9.94. The second-order valence-corrected chi connectivity index (χ2v) is 8.25. The number of nitrogens with zero attached hydrogens (tertiary/aromatic N) is 3. The molecule has 0 atom stereocenters. The van der Waals surface area contributed by atoms with Crippen molar-refractivity contribution in [3.05, 3.63) is 57.5 Å². The molecule has 0 saturated heterocycles. The lowest BCUT2D eigenvalue weighted by molar-refractivity contribution is -0.144. The quantitative estimate of drug-likeness (QED) is 0.378. The summed E-state index contributed by atoms with van der Waals surface area (Å²) in [7, 11) is 0. The predicted octanol–water partition coefficient (Wildman–Crippen LogP) is 4.35. The minimum atomic E-state index is -0.566. The number of rotatable bonds is 7. The molecule has 4 aromatic rings. The molecule has 3 heterocycles. The number of ether oxygens (including phenoxy) is 2. The molecular formula is C22H19ClN4O5S. The number of anilines is 1. The highest BCUT2D eigenvalue weighted by Crippen LogP contribution is 2.29. The number of furan rings is 1. The SMILES string of the molecule is CCOC(=O)c1c(C)oc2nc(COC(=O)Cc3csc(-c4cccc(Cl)c4)n3)nc(N)c12. The van der Waals surface area contributed by atoms with E-state index >= 15 is 0 Å². The number of thiazole rings is 1. The molecule has 1 aromatic carbocycles. The number of aryl methyl sites for hydroxylation is 1. The monoisotopic (exact) mass is 486 g/mol. The van der Waals surface area contributed by atoms with Gasteiger partial charge in [0.2, 0.25) is 5.71 Å². The van der Waals surface area contributed by atoms with Gasteiger partial charge in [-0.05, 0) is 26.0 Å². The van der Waals surface area contributed by atoms with Crippen LogP contribution < -0.4 is 5.73 Å². The maximum absolute atomic E-state index is 12.3. The second-order valence-electron chi connectivity index (χ2n) is 6.95. The van der Waals surface area contributed by atoms with Gasteiger partial charge in [-0.3, -0.25) is 4.79 Å². The Morgan fingerprint density at radius 1 is 1.21 bits per heavy atom. The summed E-state index contributed by atoms with van der Waals surface area (Å²) in [6, 6.07) is 7.33. The summed E-state index contributed by atoms with van der Waals surface area (Å²) >= 11 is 7.44. The highest BCUT2D eigenvalue weighted by molar-refractivity contribution is 7.13. The van der Waals surface area contributed by atoms with Gasteiger partial charge >= 0.3 is 11.9 Å². The Kier molecular flexibility index (Phi) is 6.57. The van der Waals surface area contributed by atoms with Crippen molar-refractivity contribution in [2.24, 2.45) is 0 Å². The third-order valence-electron chi connectivity index (χ3n) is 4.59. The first-order valence-corrected chi connectivity index (χ1v) is 11.2. The molecule has 0 saturated carbocycles. The van der Waals surface area contributed by atoms with Gasteiger partial charge in [0.25, 0.3) is 0 Å². The molecule has 9 nitrogen and oxygen atoms in total. The van der Waals surface area contributed by atoms with E-state index < -0.39 is 11.9 Å². The summed E-state index contributed by atoms with van der Waals surface area (Å²) in [4.78, 5) is 37.3. The van der Waals surface area contributed by atoms with E-state index in [-0.39, 0.29) is 47.9 Å². The Bertz CT molecular complexity index is 1350. The van der Waals surface area contributed by atoms with E-state index in [2.05, 4.69) is 15.0 Å². The molecule has 3 aromatic heterocycles. The van der Waals surface area contributed by atoms with Crippen molar-refractivity contribution in [1.82, 2.24) is 15.0 Å². The van der Waals surface area contributed by atoms with Gasteiger partial charge in [-0.25, -0.2) is 14.8 Å². The smallest absolute Gasteiger partial charge is 0.342 e. The van der Waals surface area contributed by atoms with Crippen LogP contribution in [0.3, 0.4) is 0 Å². The van der Waals surface area contributed by atoms with Crippen molar-refractivity contribution in [3.8, 4) is 10.6 Å². The van der Waals surface area contributed by atoms with E-state index in [1.165, 1.54) is 11.3 Å². The molecule has 33 heavy (non-hydrogen) atoms. The fourth-order valence-corrected chi connectivity index (χ4v) is 4.19. The topological polar surface area (TPSA) is 130 Å². The molecule has 0 bridgehead atoms. The van der Waals surface area contributed by atoms with Crippen LogP contribution in [0, 0.1) is 6.92 Å². The molecule has 0 fully saturated rings. The molecule has 0 radical (unpaired) electrons. The third-order valence-corrected chi connectivity index (χ3v) is 5.77. The lowest BCUT2D eigenvalue weighted by Gasteiger charge is -2.05. The summed E-state index contributed by atoms with van der Waals surface area (Å²) in [5.41, 5.74) is 7.79. The van der Waals surface area contributed by atoms with Crippen molar-refractivity contribution in [2.45, 2.75) is 26.9 Å². The Morgan fingerprint density at radius 3 is 2.79 bits per heavy atom. The number of halogens is 1. The summed E-state index contributed by atoms with van der Waals surface area (Å²) in [5.74, 6) is -0.559. The van der Waals surface area contributed by atoms with Crippen molar-refractivity contribution in [2.75, 3.05) is 12.3 Å². The van der Waals surface area contributed by atoms with Crippen molar-refractivity contribution in [3.63, 3.8) is 0 Å². The van der Waals surface area contributed by atoms with Crippen LogP contribution in [0.5, 0.6) is 0 Å². The molecule has 0 unspecified atom stereocenters. The van der Waals surface area contributed by atoms with Crippen LogP contribution in [0.1, 0.15) is 34.6 Å². The average molecular weight is 487 g/mol. The number of hydrogen-bond donors (Lipinski definition) is 1. The molecule has 2 N–H and O–H groups in total. The van der Waals surface area contributed by atoms with Crippen molar-refractivity contribution in [1.29, 1.82) is 0 Å². The number of esters is 2. The van der Waals surface area contributed by atoms with E-state index in [4.69, 9.17) is 31.2 Å². The molecule has 0 spiro atoms. The van der Waals surface area contributed by atoms with Crippen LogP contribution in [-0.4, -0.2) is 33.5 Å². The van der Waals surface area contributed by atoms with Crippen LogP contribution >= 0.6 is 22.9 Å².